The maximum atomic E-state index is 13.1. The van der Waals surface area contributed by atoms with Crippen LogP contribution in [0.2, 0.25) is 0 Å². The van der Waals surface area contributed by atoms with Gasteiger partial charge in [-0.15, -0.1) is 0 Å². The summed E-state index contributed by atoms with van der Waals surface area (Å²) < 4.78 is 42.4. The van der Waals surface area contributed by atoms with E-state index in [0.717, 1.165) is 11.3 Å². The molecule has 5 heteroatoms. The molecule has 0 aromatic heterocycles. The lowest BCUT2D eigenvalue weighted by Crippen LogP contribution is -2.11. The van der Waals surface area contributed by atoms with Gasteiger partial charge in [0.15, 0.2) is 0 Å². The van der Waals surface area contributed by atoms with Crippen molar-refractivity contribution in [2.24, 2.45) is 0 Å². The van der Waals surface area contributed by atoms with Crippen LogP contribution in [0.1, 0.15) is 24.1 Å². The first kappa shape index (κ1) is 15.2. The van der Waals surface area contributed by atoms with Gasteiger partial charge in [0.1, 0.15) is 11.6 Å². The number of rotatable bonds is 5. The number of halogens is 3. The van der Waals surface area contributed by atoms with Crippen LogP contribution in [0.4, 0.5) is 18.9 Å². The largest absolute Gasteiger partial charge is 0.434 e. The van der Waals surface area contributed by atoms with Crippen molar-refractivity contribution >= 4 is 5.69 Å². The van der Waals surface area contributed by atoms with Gasteiger partial charge in [-0.2, -0.15) is 8.78 Å². The predicted molar refractivity (Wildman–Crippen MR) is 76.2 cm³/mol. The second-order valence-electron chi connectivity index (χ2n) is 4.74. The first-order chi connectivity index (χ1) is 9.97. The van der Waals surface area contributed by atoms with Crippen molar-refractivity contribution in [3.63, 3.8) is 0 Å². The van der Waals surface area contributed by atoms with E-state index >= 15 is 0 Å². The zero-order valence-electron chi connectivity index (χ0n) is 11.7. The van der Waals surface area contributed by atoms with Crippen molar-refractivity contribution in [3.05, 3.63) is 59.4 Å². The molecule has 0 heterocycles. The quantitative estimate of drug-likeness (QED) is 0.846. The van der Waals surface area contributed by atoms with E-state index in [0.29, 0.717) is 5.56 Å². The molecule has 21 heavy (non-hydrogen) atoms. The third-order valence-electron chi connectivity index (χ3n) is 3.16. The summed E-state index contributed by atoms with van der Waals surface area (Å²) in [5.74, 6) is -0.181. The molecule has 0 saturated heterocycles. The Morgan fingerprint density at radius 3 is 2.48 bits per heavy atom. The predicted octanol–water partition coefficient (Wildman–Crippen LogP) is 4.91. The van der Waals surface area contributed by atoms with Crippen molar-refractivity contribution < 1.29 is 17.9 Å². The molecular formula is C16H16F3NO. The summed E-state index contributed by atoms with van der Waals surface area (Å²) in [5, 5.41) is 3.18. The zero-order valence-corrected chi connectivity index (χ0v) is 11.7. The summed E-state index contributed by atoms with van der Waals surface area (Å²) in [6.07, 6.45) is 0. The maximum Gasteiger partial charge on any atom is 0.387 e. The standard InChI is InChI=1S/C16H16F3NO/c1-10-9-12(17)7-8-14(10)20-11(2)13-5-3-4-6-15(13)21-16(18)19/h3-9,11,16,20H,1-2H3. The molecule has 2 nitrogen and oxygen atoms in total. The van der Waals surface area contributed by atoms with Crippen molar-refractivity contribution in [1.82, 2.24) is 0 Å². The topological polar surface area (TPSA) is 21.3 Å². The van der Waals surface area contributed by atoms with Crippen LogP contribution < -0.4 is 10.1 Å². The summed E-state index contributed by atoms with van der Waals surface area (Å²) >= 11 is 0. The van der Waals surface area contributed by atoms with Crippen molar-refractivity contribution in [2.45, 2.75) is 26.5 Å². The molecule has 2 aromatic carbocycles. The normalized spacial score (nSPS) is 12.3. The summed E-state index contributed by atoms with van der Waals surface area (Å²) in [6.45, 7) is 0.738. The number of alkyl halides is 2. The summed E-state index contributed by atoms with van der Waals surface area (Å²) in [6, 6.07) is 10.7. The van der Waals surface area contributed by atoms with Gasteiger partial charge in [-0.05, 0) is 43.7 Å². The molecule has 0 radical (unpaired) electrons. The summed E-state index contributed by atoms with van der Waals surface area (Å²) in [7, 11) is 0. The monoisotopic (exact) mass is 295 g/mol. The Bertz CT molecular complexity index is 616. The minimum absolute atomic E-state index is 0.132. The van der Waals surface area contributed by atoms with Crippen molar-refractivity contribution in [1.29, 1.82) is 0 Å². The number of ether oxygens (including phenoxy) is 1. The number of hydrogen-bond donors (Lipinski definition) is 1. The van der Waals surface area contributed by atoms with Gasteiger partial charge in [-0.3, -0.25) is 0 Å². The second kappa shape index (κ2) is 6.52. The van der Waals surface area contributed by atoms with E-state index in [9.17, 15) is 13.2 Å². The average molecular weight is 295 g/mol. The van der Waals surface area contributed by atoms with Crippen LogP contribution in [0.3, 0.4) is 0 Å². The highest BCUT2D eigenvalue weighted by molar-refractivity contribution is 5.53. The van der Waals surface area contributed by atoms with Gasteiger partial charge in [-0.25, -0.2) is 4.39 Å². The lowest BCUT2D eigenvalue weighted by atomic mass is 10.1. The van der Waals surface area contributed by atoms with E-state index in [2.05, 4.69) is 10.1 Å². The first-order valence-corrected chi connectivity index (χ1v) is 6.54. The third kappa shape index (κ3) is 3.90. The first-order valence-electron chi connectivity index (χ1n) is 6.54. The van der Waals surface area contributed by atoms with Gasteiger partial charge in [-0.1, -0.05) is 18.2 Å². The zero-order chi connectivity index (χ0) is 15.4. The van der Waals surface area contributed by atoms with Crippen LogP contribution in [-0.2, 0) is 0 Å². The molecule has 0 fully saturated rings. The smallest absolute Gasteiger partial charge is 0.387 e. The van der Waals surface area contributed by atoms with Crippen molar-refractivity contribution in [2.75, 3.05) is 5.32 Å². The molecule has 2 rings (SSSR count). The van der Waals surface area contributed by atoms with Crippen molar-refractivity contribution in [3.8, 4) is 5.75 Å². The van der Waals surface area contributed by atoms with E-state index in [4.69, 9.17) is 0 Å². The van der Waals surface area contributed by atoms with Crippen LogP contribution in [0.25, 0.3) is 0 Å². The highest BCUT2D eigenvalue weighted by Gasteiger charge is 2.15. The molecule has 0 aliphatic carbocycles. The molecule has 0 saturated carbocycles. The van der Waals surface area contributed by atoms with Gasteiger partial charge in [0.05, 0.1) is 6.04 Å². The molecule has 2 aromatic rings. The Kier molecular flexibility index (Phi) is 4.73. The van der Waals surface area contributed by atoms with Gasteiger partial charge < -0.3 is 10.1 Å². The van der Waals surface area contributed by atoms with Gasteiger partial charge >= 0.3 is 6.61 Å². The molecule has 1 atom stereocenters. The Morgan fingerprint density at radius 2 is 1.81 bits per heavy atom. The number of anilines is 1. The molecule has 0 aliphatic heterocycles. The van der Waals surface area contributed by atoms with Crippen LogP contribution in [0.5, 0.6) is 5.75 Å². The molecule has 1 unspecified atom stereocenters. The fourth-order valence-corrected chi connectivity index (χ4v) is 2.14. The summed E-state index contributed by atoms with van der Waals surface area (Å²) in [5.41, 5.74) is 2.10. The van der Waals surface area contributed by atoms with Crippen LogP contribution >= 0.6 is 0 Å². The molecule has 0 aliphatic rings. The fourth-order valence-electron chi connectivity index (χ4n) is 2.14. The minimum Gasteiger partial charge on any atom is -0.434 e. The van der Waals surface area contributed by atoms with Gasteiger partial charge in [0, 0.05) is 11.3 Å². The van der Waals surface area contributed by atoms with E-state index in [1.807, 2.05) is 6.92 Å². The van der Waals surface area contributed by atoms with Gasteiger partial charge in [0.25, 0.3) is 0 Å². The Morgan fingerprint density at radius 1 is 1.10 bits per heavy atom. The van der Waals surface area contributed by atoms with E-state index in [1.54, 1.807) is 31.2 Å². The molecule has 1 N–H and O–H groups in total. The molecule has 0 bridgehead atoms. The average Bonchev–Trinajstić information content (AvgIpc) is 2.42. The molecule has 0 spiro atoms. The SMILES string of the molecule is Cc1cc(F)ccc1NC(C)c1ccccc1OC(F)F. The maximum absolute atomic E-state index is 13.1. The number of nitrogens with one attached hydrogen (secondary N) is 1. The number of hydrogen-bond acceptors (Lipinski definition) is 2. The highest BCUT2D eigenvalue weighted by atomic mass is 19.3. The van der Waals surface area contributed by atoms with Crippen LogP contribution in [0.15, 0.2) is 42.5 Å². The van der Waals surface area contributed by atoms with E-state index < -0.39 is 6.61 Å². The third-order valence-corrected chi connectivity index (χ3v) is 3.16. The van der Waals surface area contributed by atoms with Crippen LogP contribution in [-0.4, -0.2) is 6.61 Å². The summed E-state index contributed by atoms with van der Waals surface area (Å²) in [4.78, 5) is 0. The molecular weight excluding hydrogens is 279 g/mol. The van der Waals surface area contributed by atoms with Gasteiger partial charge in [0.2, 0.25) is 0 Å². The highest BCUT2D eigenvalue weighted by Crippen LogP contribution is 2.29. The Hall–Kier alpha value is -2.17. The number of aryl methyl sites for hydroxylation is 1. The Labute approximate surface area is 121 Å². The lowest BCUT2D eigenvalue weighted by molar-refractivity contribution is -0.0505. The fraction of sp³-hybridized carbons (Fsp3) is 0.250. The van der Waals surface area contributed by atoms with Crippen LogP contribution in [0, 0.1) is 12.7 Å². The lowest BCUT2D eigenvalue weighted by Gasteiger charge is -2.20. The van der Waals surface area contributed by atoms with E-state index in [1.165, 1.54) is 18.2 Å². The molecule has 112 valence electrons. The minimum atomic E-state index is -2.87. The second-order valence-corrected chi connectivity index (χ2v) is 4.74. The number of para-hydroxylation sites is 1. The molecule has 0 amide bonds. The number of benzene rings is 2. The Balaban J connectivity index is 2.22. The van der Waals surface area contributed by atoms with E-state index in [-0.39, 0.29) is 17.6 Å².